The first-order valence-corrected chi connectivity index (χ1v) is 22.5. The summed E-state index contributed by atoms with van der Waals surface area (Å²) in [7, 11) is 1.08. The largest absolute Gasteiger partial charge is 0.756 e. The number of nitrogens with zero attached hydrogens (tertiary/aromatic N) is 1. The summed E-state index contributed by atoms with van der Waals surface area (Å²) >= 11 is 0. The van der Waals surface area contributed by atoms with Gasteiger partial charge in [0.25, 0.3) is 7.82 Å². The summed E-state index contributed by atoms with van der Waals surface area (Å²) in [5, 5.41) is 0. The lowest BCUT2D eigenvalue weighted by Crippen LogP contribution is -2.37. The highest BCUT2D eigenvalue weighted by atomic mass is 31.2. The lowest BCUT2D eigenvalue weighted by molar-refractivity contribution is -0.870. The molecule has 0 saturated carbocycles. The van der Waals surface area contributed by atoms with Gasteiger partial charge in [-0.2, -0.15) is 0 Å². The van der Waals surface area contributed by atoms with Crippen molar-refractivity contribution in [3.05, 3.63) is 60.8 Å². The Morgan fingerprint density at radius 1 is 0.611 bits per heavy atom. The molecule has 0 amide bonds. The average Bonchev–Trinajstić information content (AvgIpc) is 3.12. The van der Waals surface area contributed by atoms with E-state index in [0.717, 1.165) is 19.3 Å². The molecule has 0 radical (unpaired) electrons. The maximum Gasteiger partial charge on any atom is 0.331 e. The molecule has 0 aromatic carbocycles. The van der Waals surface area contributed by atoms with Gasteiger partial charge in [-0.3, -0.25) is 9.36 Å². The van der Waals surface area contributed by atoms with Gasteiger partial charge >= 0.3 is 11.9 Å². The zero-order valence-corrected chi connectivity index (χ0v) is 35.8. The van der Waals surface area contributed by atoms with Gasteiger partial charge in [-0.1, -0.05) is 184 Å². The predicted octanol–water partition coefficient (Wildman–Crippen LogP) is 11.1. The summed E-state index contributed by atoms with van der Waals surface area (Å²) in [6.07, 6.45) is 43.2. The van der Waals surface area contributed by atoms with Crippen LogP contribution in [0.2, 0.25) is 0 Å². The van der Waals surface area contributed by atoms with Crippen LogP contribution < -0.4 is 4.89 Å². The quantitative estimate of drug-likeness (QED) is 0.0153. The molecule has 9 nitrogen and oxygen atoms in total. The van der Waals surface area contributed by atoms with Crippen molar-refractivity contribution in [1.82, 2.24) is 0 Å². The van der Waals surface area contributed by atoms with E-state index in [1.807, 2.05) is 45.4 Å². The second-order valence-electron chi connectivity index (χ2n) is 15.2. The molecule has 0 rings (SSSR count). The fourth-order valence-electron chi connectivity index (χ4n) is 5.42. The summed E-state index contributed by atoms with van der Waals surface area (Å²) in [5.41, 5.74) is 0. The highest BCUT2D eigenvalue weighted by Gasteiger charge is 2.21. The SMILES string of the molecule is CCCCCCCCC/C=C/C=C/C=C/C=C/C=C/C(=O)O[C@H](COC(=O)CCCCCCCCCCCCCCC)COP(=O)([O-])OCC[N+](C)(C)C. The minimum Gasteiger partial charge on any atom is -0.756 e. The number of hydrogen-bond acceptors (Lipinski definition) is 8. The number of unbranched alkanes of at least 4 members (excludes halogenated alkanes) is 19. The highest BCUT2D eigenvalue weighted by molar-refractivity contribution is 7.45. The van der Waals surface area contributed by atoms with Crippen LogP contribution in [0.5, 0.6) is 0 Å². The van der Waals surface area contributed by atoms with Crippen LogP contribution in [0.3, 0.4) is 0 Å². The molecule has 0 aromatic rings. The fourth-order valence-corrected chi connectivity index (χ4v) is 6.14. The number of rotatable bonds is 37. The third kappa shape index (κ3) is 39.4. The van der Waals surface area contributed by atoms with Gasteiger partial charge in [-0.05, 0) is 19.3 Å². The molecule has 0 aliphatic rings. The van der Waals surface area contributed by atoms with Gasteiger partial charge < -0.3 is 27.9 Å². The summed E-state index contributed by atoms with van der Waals surface area (Å²) in [6, 6.07) is 0. The summed E-state index contributed by atoms with van der Waals surface area (Å²) in [4.78, 5) is 37.3. The molecule has 2 atom stereocenters. The van der Waals surface area contributed by atoms with E-state index in [4.69, 9.17) is 18.5 Å². The maximum absolute atomic E-state index is 12.5. The summed E-state index contributed by atoms with van der Waals surface area (Å²) < 4.78 is 33.5. The van der Waals surface area contributed by atoms with Gasteiger partial charge in [0.05, 0.1) is 27.7 Å². The van der Waals surface area contributed by atoms with Crippen molar-refractivity contribution >= 4 is 19.8 Å². The molecule has 0 spiro atoms. The molecule has 0 aromatic heterocycles. The molecule has 54 heavy (non-hydrogen) atoms. The average molecular weight is 780 g/mol. The number of allylic oxidation sites excluding steroid dienone is 9. The van der Waals surface area contributed by atoms with Crippen LogP contribution in [0.15, 0.2) is 60.8 Å². The molecular weight excluding hydrogens is 701 g/mol. The van der Waals surface area contributed by atoms with E-state index in [1.54, 1.807) is 12.2 Å². The predicted molar refractivity (Wildman–Crippen MR) is 222 cm³/mol. The van der Waals surface area contributed by atoms with Crippen LogP contribution in [0.25, 0.3) is 0 Å². The second kappa shape index (κ2) is 36.4. The summed E-state index contributed by atoms with van der Waals surface area (Å²) in [6.45, 7) is 4.02. The number of carbonyl (C=O) groups is 2. The normalized spacial score (nSPS) is 14.3. The first-order valence-electron chi connectivity index (χ1n) is 21.1. The fraction of sp³-hybridized carbons (Fsp3) is 0.727. The van der Waals surface area contributed by atoms with Crippen molar-refractivity contribution in [2.45, 2.75) is 161 Å². The Balaban J connectivity index is 4.63. The van der Waals surface area contributed by atoms with Crippen molar-refractivity contribution in [2.24, 2.45) is 0 Å². The van der Waals surface area contributed by atoms with E-state index in [-0.39, 0.29) is 19.6 Å². The summed E-state index contributed by atoms with van der Waals surface area (Å²) in [5.74, 6) is -1.14. The third-order valence-corrected chi connectivity index (χ3v) is 9.71. The first kappa shape index (κ1) is 51.7. The number of phosphoric ester groups is 1. The Morgan fingerprint density at radius 2 is 1.07 bits per heavy atom. The van der Waals surface area contributed by atoms with Gasteiger partial charge in [0.1, 0.15) is 19.8 Å². The maximum atomic E-state index is 12.5. The number of ether oxygens (including phenoxy) is 2. The van der Waals surface area contributed by atoms with Crippen molar-refractivity contribution in [3.8, 4) is 0 Å². The molecular formula is C44H78NO8P. The molecule has 1 unspecified atom stereocenters. The zero-order valence-electron chi connectivity index (χ0n) is 34.9. The van der Waals surface area contributed by atoms with E-state index < -0.39 is 32.5 Å². The van der Waals surface area contributed by atoms with E-state index >= 15 is 0 Å². The lowest BCUT2D eigenvalue weighted by atomic mass is 10.0. The van der Waals surface area contributed by atoms with Gasteiger partial charge in [-0.25, -0.2) is 4.79 Å². The number of hydrogen-bond donors (Lipinski definition) is 0. The number of likely N-dealkylation sites (N-methyl/N-ethyl adjacent to an activating group) is 1. The molecule has 10 heteroatoms. The number of esters is 2. The van der Waals surface area contributed by atoms with E-state index in [9.17, 15) is 19.0 Å². The van der Waals surface area contributed by atoms with Crippen molar-refractivity contribution in [3.63, 3.8) is 0 Å². The lowest BCUT2D eigenvalue weighted by Gasteiger charge is -2.28. The van der Waals surface area contributed by atoms with Crippen molar-refractivity contribution in [1.29, 1.82) is 0 Å². The second-order valence-corrected chi connectivity index (χ2v) is 16.6. The molecule has 0 aliphatic carbocycles. The molecule has 0 aliphatic heterocycles. The van der Waals surface area contributed by atoms with Crippen LogP contribution in [-0.4, -0.2) is 70.0 Å². The Kier molecular flexibility index (Phi) is 34.8. The zero-order chi connectivity index (χ0) is 40.0. The van der Waals surface area contributed by atoms with Gasteiger partial charge in [0.15, 0.2) is 6.10 Å². The topological polar surface area (TPSA) is 111 Å². The Bertz CT molecular complexity index is 1110. The Morgan fingerprint density at radius 3 is 1.59 bits per heavy atom. The molecule has 0 N–H and O–H groups in total. The Labute approximate surface area is 330 Å². The number of carbonyl (C=O) groups excluding carboxylic acids is 2. The van der Waals surface area contributed by atoms with E-state index in [0.29, 0.717) is 17.4 Å². The molecule has 312 valence electrons. The van der Waals surface area contributed by atoms with Crippen LogP contribution in [0.1, 0.15) is 155 Å². The number of phosphoric acid groups is 1. The molecule has 0 fully saturated rings. The highest BCUT2D eigenvalue weighted by Crippen LogP contribution is 2.38. The van der Waals surface area contributed by atoms with E-state index in [1.165, 1.54) is 121 Å². The van der Waals surface area contributed by atoms with Gasteiger partial charge in [0.2, 0.25) is 0 Å². The van der Waals surface area contributed by atoms with Gasteiger partial charge in [-0.15, -0.1) is 0 Å². The number of quaternary nitrogens is 1. The van der Waals surface area contributed by atoms with Crippen LogP contribution in [-0.2, 0) is 32.7 Å². The monoisotopic (exact) mass is 780 g/mol. The van der Waals surface area contributed by atoms with Gasteiger partial charge in [0, 0.05) is 12.5 Å². The minimum atomic E-state index is -4.66. The molecule has 0 heterocycles. The standard InChI is InChI=1S/C44H78NO8P/c1-6-8-10-12-14-16-18-20-21-22-23-25-27-29-31-33-35-37-44(47)53-42(41-52-54(48,49)51-39-38-45(3,4)5)40-50-43(46)36-34-32-30-28-26-24-19-17-15-13-11-9-7-2/h21-23,25,27,29,31,33,35,37,42H,6-20,24,26,28,30,32,34,36,38-41H2,1-5H3/b22-21+,25-23+,29-27+,33-31+,37-35+/t42-/m1/s1. The Hall–Kier alpha value is -2.29. The van der Waals surface area contributed by atoms with Crippen LogP contribution in [0, 0.1) is 0 Å². The third-order valence-electron chi connectivity index (χ3n) is 8.75. The smallest absolute Gasteiger partial charge is 0.331 e. The molecule has 0 bridgehead atoms. The molecule has 0 saturated heterocycles. The first-order chi connectivity index (χ1) is 26.0. The minimum absolute atomic E-state index is 0.0574. The van der Waals surface area contributed by atoms with E-state index in [2.05, 4.69) is 26.0 Å². The van der Waals surface area contributed by atoms with Crippen molar-refractivity contribution in [2.75, 3.05) is 47.5 Å². The van der Waals surface area contributed by atoms with Crippen LogP contribution >= 0.6 is 7.82 Å². The van der Waals surface area contributed by atoms with Crippen LogP contribution in [0.4, 0.5) is 0 Å². The van der Waals surface area contributed by atoms with Crippen molar-refractivity contribution < 1.29 is 42.1 Å².